The van der Waals surface area contributed by atoms with Crippen molar-refractivity contribution in [2.24, 2.45) is 0 Å². The highest BCUT2D eigenvalue weighted by Crippen LogP contribution is 2.20. The lowest BCUT2D eigenvalue weighted by Crippen LogP contribution is -2.10. The first kappa shape index (κ1) is 13.2. The minimum Gasteiger partial charge on any atom is -0.466 e. The van der Waals surface area contributed by atoms with E-state index >= 15 is 0 Å². The first-order valence-corrected chi connectivity index (χ1v) is 5.33. The molecule has 0 radical (unpaired) electrons. The van der Waals surface area contributed by atoms with Gasteiger partial charge in [0.25, 0.3) is 0 Å². The summed E-state index contributed by atoms with van der Waals surface area (Å²) in [6, 6.07) is 4.74. The minimum absolute atomic E-state index is 0.0723. The van der Waals surface area contributed by atoms with Crippen molar-refractivity contribution in [2.75, 3.05) is 6.61 Å². The zero-order valence-electron chi connectivity index (χ0n) is 9.20. The van der Waals surface area contributed by atoms with Gasteiger partial charge in [-0.05, 0) is 24.6 Å². The van der Waals surface area contributed by atoms with E-state index in [0.717, 1.165) is 0 Å². The van der Waals surface area contributed by atoms with E-state index in [-0.39, 0.29) is 24.2 Å². The van der Waals surface area contributed by atoms with Crippen molar-refractivity contribution in [3.8, 4) is 6.07 Å². The van der Waals surface area contributed by atoms with Gasteiger partial charge in [-0.25, -0.2) is 0 Å². The highest BCUT2D eigenvalue weighted by Gasteiger charge is 2.13. The summed E-state index contributed by atoms with van der Waals surface area (Å²) in [5, 5.41) is 9.16. The van der Waals surface area contributed by atoms with Crippen LogP contribution in [0.1, 0.15) is 28.4 Å². The Morgan fingerprint density at radius 1 is 1.59 bits per heavy atom. The normalized spacial score (nSPS) is 9.47. The topological polar surface area (TPSA) is 67.2 Å². The third kappa shape index (κ3) is 3.30. The molecule has 0 fully saturated rings. The van der Waals surface area contributed by atoms with Gasteiger partial charge in [0.15, 0.2) is 6.29 Å². The summed E-state index contributed by atoms with van der Waals surface area (Å²) in [6.07, 6.45) is 0.473. The van der Waals surface area contributed by atoms with Crippen molar-refractivity contribution in [3.05, 3.63) is 33.8 Å². The molecule has 0 spiro atoms. The second-order valence-electron chi connectivity index (χ2n) is 3.24. The Labute approximate surface area is 104 Å². The molecule has 0 heterocycles. The van der Waals surface area contributed by atoms with Gasteiger partial charge in [0.05, 0.1) is 24.7 Å². The van der Waals surface area contributed by atoms with Crippen LogP contribution < -0.4 is 0 Å². The van der Waals surface area contributed by atoms with Crippen LogP contribution in [0.4, 0.5) is 0 Å². The van der Waals surface area contributed by atoms with Crippen molar-refractivity contribution in [2.45, 2.75) is 13.3 Å². The van der Waals surface area contributed by atoms with Gasteiger partial charge >= 0.3 is 5.97 Å². The van der Waals surface area contributed by atoms with Crippen LogP contribution in [0.25, 0.3) is 0 Å². The quantitative estimate of drug-likeness (QED) is 0.607. The number of rotatable bonds is 4. The molecule has 0 bridgehead atoms. The highest BCUT2D eigenvalue weighted by atomic mass is 35.5. The predicted octanol–water partition coefficient (Wildman–Crippen LogP) is 2.13. The van der Waals surface area contributed by atoms with E-state index in [1.807, 2.05) is 6.07 Å². The summed E-state index contributed by atoms with van der Waals surface area (Å²) < 4.78 is 4.78. The summed E-state index contributed by atoms with van der Waals surface area (Å²) in [4.78, 5) is 22.2. The number of carbonyl (C=O) groups excluding carboxylic acids is 2. The second-order valence-corrected chi connectivity index (χ2v) is 3.67. The Balaban J connectivity index is 3.14. The SMILES string of the molecule is CCOC(=O)Cc1cc(Cl)cc(C#N)c1C=O. The molecule has 0 saturated heterocycles. The molecule has 0 unspecified atom stereocenters. The maximum atomic E-state index is 11.3. The van der Waals surface area contributed by atoms with Crippen LogP contribution in [0.5, 0.6) is 0 Å². The molecule has 17 heavy (non-hydrogen) atoms. The van der Waals surface area contributed by atoms with Crippen molar-refractivity contribution < 1.29 is 14.3 Å². The average Bonchev–Trinajstić information content (AvgIpc) is 2.28. The molecule has 0 atom stereocenters. The Morgan fingerprint density at radius 2 is 2.29 bits per heavy atom. The molecule has 0 amide bonds. The zero-order valence-corrected chi connectivity index (χ0v) is 9.95. The lowest BCUT2D eigenvalue weighted by molar-refractivity contribution is -0.142. The van der Waals surface area contributed by atoms with Gasteiger partial charge in [0.2, 0.25) is 0 Å². The maximum Gasteiger partial charge on any atom is 0.310 e. The first-order valence-electron chi connectivity index (χ1n) is 4.95. The van der Waals surface area contributed by atoms with Gasteiger partial charge in [-0.15, -0.1) is 0 Å². The number of hydrogen-bond donors (Lipinski definition) is 0. The monoisotopic (exact) mass is 251 g/mol. The number of ether oxygens (including phenoxy) is 1. The van der Waals surface area contributed by atoms with Crippen LogP contribution in [0.3, 0.4) is 0 Å². The molecule has 1 aromatic carbocycles. The van der Waals surface area contributed by atoms with Crippen molar-refractivity contribution >= 4 is 23.9 Å². The lowest BCUT2D eigenvalue weighted by Gasteiger charge is -2.07. The van der Waals surface area contributed by atoms with Gasteiger partial charge in [-0.2, -0.15) is 5.26 Å². The van der Waals surface area contributed by atoms with Crippen LogP contribution in [-0.2, 0) is 16.0 Å². The summed E-state index contributed by atoms with van der Waals surface area (Å²) in [7, 11) is 0. The molecule has 0 aromatic heterocycles. The molecular formula is C12H10ClNO3. The Morgan fingerprint density at radius 3 is 2.82 bits per heavy atom. The second kappa shape index (κ2) is 6.02. The van der Waals surface area contributed by atoms with Crippen molar-refractivity contribution in [1.82, 2.24) is 0 Å². The number of esters is 1. The standard InChI is InChI=1S/C12H10ClNO3/c1-2-17-12(16)5-8-3-10(13)4-9(6-14)11(8)7-15/h3-4,7H,2,5H2,1H3. The predicted molar refractivity (Wildman–Crippen MR) is 61.9 cm³/mol. The number of halogens is 1. The summed E-state index contributed by atoms with van der Waals surface area (Å²) in [5.74, 6) is -0.457. The number of nitrogens with zero attached hydrogens (tertiary/aromatic N) is 1. The van der Waals surface area contributed by atoms with E-state index in [9.17, 15) is 9.59 Å². The van der Waals surface area contributed by atoms with Gasteiger partial charge in [0, 0.05) is 10.6 Å². The van der Waals surface area contributed by atoms with E-state index in [1.165, 1.54) is 12.1 Å². The van der Waals surface area contributed by atoms with Crippen LogP contribution in [-0.4, -0.2) is 18.9 Å². The molecule has 1 rings (SSSR count). The molecule has 0 saturated carbocycles. The molecule has 0 N–H and O–H groups in total. The number of hydrogen-bond acceptors (Lipinski definition) is 4. The van der Waals surface area contributed by atoms with Gasteiger partial charge in [-0.1, -0.05) is 11.6 Å². The Bertz CT molecular complexity index is 491. The number of aldehydes is 1. The van der Waals surface area contributed by atoms with Crippen molar-refractivity contribution in [1.29, 1.82) is 5.26 Å². The van der Waals surface area contributed by atoms with Crippen LogP contribution in [0.2, 0.25) is 5.02 Å². The highest BCUT2D eigenvalue weighted by molar-refractivity contribution is 6.30. The molecular weight excluding hydrogens is 242 g/mol. The van der Waals surface area contributed by atoms with Crippen LogP contribution in [0.15, 0.2) is 12.1 Å². The average molecular weight is 252 g/mol. The molecule has 1 aromatic rings. The Kier molecular flexibility index (Phi) is 4.68. The van der Waals surface area contributed by atoms with E-state index in [2.05, 4.69) is 0 Å². The summed E-state index contributed by atoms with van der Waals surface area (Å²) in [5.41, 5.74) is 0.749. The van der Waals surface area contributed by atoms with E-state index < -0.39 is 5.97 Å². The smallest absolute Gasteiger partial charge is 0.310 e. The minimum atomic E-state index is -0.457. The van der Waals surface area contributed by atoms with E-state index in [0.29, 0.717) is 16.9 Å². The first-order chi connectivity index (χ1) is 8.12. The summed E-state index contributed by atoms with van der Waals surface area (Å²) in [6.45, 7) is 1.96. The molecule has 0 aliphatic heterocycles. The van der Waals surface area contributed by atoms with E-state index in [1.54, 1.807) is 6.92 Å². The third-order valence-electron chi connectivity index (χ3n) is 2.11. The molecule has 88 valence electrons. The van der Waals surface area contributed by atoms with Crippen LogP contribution >= 0.6 is 11.6 Å². The number of carbonyl (C=O) groups is 2. The Hall–Kier alpha value is -1.86. The van der Waals surface area contributed by atoms with Gasteiger partial charge in [-0.3, -0.25) is 9.59 Å². The molecule has 4 nitrogen and oxygen atoms in total. The fourth-order valence-corrected chi connectivity index (χ4v) is 1.66. The fraction of sp³-hybridized carbons (Fsp3) is 0.250. The van der Waals surface area contributed by atoms with Crippen molar-refractivity contribution in [3.63, 3.8) is 0 Å². The zero-order chi connectivity index (χ0) is 12.8. The van der Waals surface area contributed by atoms with Crippen LogP contribution in [0, 0.1) is 11.3 Å². The number of nitriles is 1. The van der Waals surface area contributed by atoms with Gasteiger partial charge in [0.1, 0.15) is 0 Å². The third-order valence-corrected chi connectivity index (χ3v) is 2.33. The maximum absolute atomic E-state index is 11.3. The molecule has 0 aliphatic carbocycles. The molecule has 5 heteroatoms. The van der Waals surface area contributed by atoms with Gasteiger partial charge < -0.3 is 4.74 Å². The number of benzene rings is 1. The fourth-order valence-electron chi connectivity index (χ4n) is 1.42. The van der Waals surface area contributed by atoms with E-state index in [4.69, 9.17) is 21.6 Å². The largest absolute Gasteiger partial charge is 0.466 e. The lowest BCUT2D eigenvalue weighted by atomic mass is 10.0. The summed E-state index contributed by atoms with van der Waals surface area (Å²) >= 11 is 5.80. The molecule has 0 aliphatic rings.